The van der Waals surface area contributed by atoms with Crippen molar-refractivity contribution in [1.29, 1.82) is 0 Å². The summed E-state index contributed by atoms with van der Waals surface area (Å²) < 4.78 is 5.02. The smallest absolute Gasteiger partial charge is 0.354 e. The minimum absolute atomic E-state index is 0.153. The molecule has 8 heteroatoms. The van der Waals surface area contributed by atoms with Gasteiger partial charge in [-0.05, 0) is 31.2 Å². The molecule has 0 aliphatic carbocycles. The minimum atomic E-state index is -0.674. The maximum Gasteiger partial charge on any atom is 0.354 e. The summed E-state index contributed by atoms with van der Waals surface area (Å²) in [7, 11) is 0. The maximum absolute atomic E-state index is 12.8. The summed E-state index contributed by atoms with van der Waals surface area (Å²) in [5.41, 5.74) is 1.43. The number of hydrazone groups is 1. The topological polar surface area (TPSA) is 83.9 Å². The number of rotatable bonds is 5. The van der Waals surface area contributed by atoms with Gasteiger partial charge in [0, 0.05) is 6.42 Å². The summed E-state index contributed by atoms with van der Waals surface area (Å²) in [6, 6.07) is 11.8. The number of nitrogens with zero attached hydrogens (tertiary/aromatic N) is 3. The van der Waals surface area contributed by atoms with Gasteiger partial charge in [-0.3, -0.25) is 9.80 Å². The number of carbonyl (C=O) groups is 2. The van der Waals surface area contributed by atoms with Crippen molar-refractivity contribution in [3.8, 4) is 0 Å². The molecule has 1 aliphatic heterocycles. The van der Waals surface area contributed by atoms with Crippen molar-refractivity contribution in [2.75, 3.05) is 16.9 Å². The van der Waals surface area contributed by atoms with Crippen LogP contribution in [-0.2, 0) is 14.3 Å². The fourth-order valence-corrected chi connectivity index (χ4v) is 2.66. The molecule has 0 spiro atoms. The van der Waals surface area contributed by atoms with Gasteiger partial charge in [-0.25, -0.2) is 9.78 Å². The summed E-state index contributed by atoms with van der Waals surface area (Å²) in [6.07, 6.45) is 1.62. The molecule has 2 heterocycles. The van der Waals surface area contributed by atoms with E-state index in [9.17, 15) is 9.59 Å². The Kier molecular flexibility index (Phi) is 5.48. The van der Waals surface area contributed by atoms with E-state index < -0.39 is 12.0 Å². The van der Waals surface area contributed by atoms with Gasteiger partial charge in [-0.1, -0.05) is 29.8 Å². The number of nitrogens with one attached hydrogen (secondary N) is 1. The average molecular weight is 373 g/mol. The second kappa shape index (κ2) is 7.97. The Balaban J connectivity index is 1.82. The van der Waals surface area contributed by atoms with E-state index in [0.717, 1.165) is 0 Å². The molecule has 26 heavy (non-hydrogen) atoms. The van der Waals surface area contributed by atoms with E-state index in [-0.39, 0.29) is 24.6 Å². The molecular formula is C18H17ClN4O3. The Morgan fingerprint density at radius 3 is 2.69 bits per heavy atom. The van der Waals surface area contributed by atoms with Gasteiger partial charge in [0.1, 0.15) is 16.9 Å². The molecule has 3 rings (SSSR count). The molecule has 0 fully saturated rings. The molecule has 1 atom stereocenters. The molecule has 1 unspecified atom stereocenters. The number of benzene rings is 1. The number of hydrogen-bond acceptors (Lipinski definition) is 6. The molecule has 134 valence electrons. The van der Waals surface area contributed by atoms with Crippen LogP contribution in [0, 0.1) is 0 Å². The molecular weight excluding hydrogens is 356 g/mol. The molecule has 1 amide bonds. The second-order valence-corrected chi connectivity index (χ2v) is 5.91. The Morgan fingerprint density at radius 1 is 1.27 bits per heavy atom. The summed E-state index contributed by atoms with van der Waals surface area (Å²) >= 11 is 5.76. The summed E-state index contributed by atoms with van der Waals surface area (Å²) in [4.78, 5) is 28.8. The number of ether oxygens (including phenoxy) is 1. The molecule has 1 aromatic heterocycles. The second-order valence-electron chi connectivity index (χ2n) is 5.53. The van der Waals surface area contributed by atoms with E-state index in [1.54, 1.807) is 19.1 Å². The third-order valence-electron chi connectivity index (χ3n) is 3.74. The van der Waals surface area contributed by atoms with Crippen LogP contribution in [0.3, 0.4) is 0 Å². The molecule has 0 bridgehead atoms. The number of para-hydroxylation sites is 1. The average Bonchev–Trinajstić information content (AvgIpc) is 3.10. The lowest BCUT2D eigenvalue weighted by Crippen LogP contribution is -2.38. The highest BCUT2D eigenvalue weighted by Gasteiger charge is 2.36. The van der Waals surface area contributed by atoms with Crippen molar-refractivity contribution in [1.82, 2.24) is 4.98 Å². The number of halogens is 1. The zero-order chi connectivity index (χ0) is 18.5. The van der Waals surface area contributed by atoms with Gasteiger partial charge in [0.2, 0.25) is 5.91 Å². The van der Waals surface area contributed by atoms with Gasteiger partial charge in [0.25, 0.3) is 0 Å². The first kappa shape index (κ1) is 17.9. The van der Waals surface area contributed by atoms with Crippen LogP contribution in [0.1, 0.15) is 13.3 Å². The van der Waals surface area contributed by atoms with Crippen molar-refractivity contribution in [2.45, 2.75) is 19.4 Å². The van der Waals surface area contributed by atoms with Crippen LogP contribution in [-0.4, -0.2) is 35.2 Å². The predicted octanol–water partition coefficient (Wildman–Crippen LogP) is 2.87. The molecule has 1 aromatic carbocycles. The Labute approximate surface area is 155 Å². The number of esters is 1. The van der Waals surface area contributed by atoms with Crippen LogP contribution in [0.5, 0.6) is 0 Å². The van der Waals surface area contributed by atoms with Crippen molar-refractivity contribution >= 4 is 40.6 Å². The number of anilines is 2. The highest BCUT2D eigenvalue weighted by molar-refractivity contribution is 6.38. The van der Waals surface area contributed by atoms with Crippen molar-refractivity contribution in [3.05, 3.63) is 53.8 Å². The number of carbonyl (C=O) groups excluding carboxylic acids is 2. The highest BCUT2D eigenvalue weighted by atomic mass is 35.5. The SMILES string of the molecule is CCOC(=O)C1=NN(c2ccccc2)C(C(=O)Nc2ccc(Cl)nc2)C1. The van der Waals surface area contributed by atoms with E-state index in [0.29, 0.717) is 16.5 Å². The lowest BCUT2D eigenvalue weighted by Gasteiger charge is -2.22. The lowest BCUT2D eigenvalue weighted by atomic mass is 10.1. The van der Waals surface area contributed by atoms with E-state index >= 15 is 0 Å². The molecule has 0 radical (unpaired) electrons. The Bertz CT molecular complexity index is 824. The van der Waals surface area contributed by atoms with Crippen LogP contribution in [0.25, 0.3) is 0 Å². The van der Waals surface area contributed by atoms with Crippen LogP contribution in [0.4, 0.5) is 11.4 Å². The third-order valence-corrected chi connectivity index (χ3v) is 3.96. The first-order valence-corrected chi connectivity index (χ1v) is 8.47. The van der Waals surface area contributed by atoms with E-state index in [1.807, 2.05) is 30.3 Å². The van der Waals surface area contributed by atoms with Gasteiger partial charge in [0.05, 0.1) is 24.2 Å². The number of hydrogen-bond donors (Lipinski definition) is 1. The van der Waals surface area contributed by atoms with Crippen LogP contribution in [0.15, 0.2) is 53.8 Å². The van der Waals surface area contributed by atoms with Gasteiger partial charge < -0.3 is 10.1 Å². The molecule has 0 saturated carbocycles. The normalized spacial score (nSPS) is 16.2. The summed E-state index contributed by atoms with van der Waals surface area (Å²) in [5.74, 6) is -0.821. The van der Waals surface area contributed by atoms with Crippen molar-refractivity contribution < 1.29 is 14.3 Å². The van der Waals surface area contributed by atoms with Gasteiger partial charge in [-0.15, -0.1) is 0 Å². The van der Waals surface area contributed by atoms with E-state index in [2.05, 4.69) is 15.4 Å². The fourth-order valence-electron chi connectivity index (χ4n) is 2.55. The van der Waals surface area contributed by atoms with Gasteiger partial charge >= 0.3 is 5.97 Å². The highest BCUT2D eigenvalue weighted by Crippen LogP contribution is 2.26. The number of pyridine rings is 1. The van der Waals surface area contributed by atoms with E-state index in [4.69, 9.17) is 16.3 Å². The zero-order valence-corrected chi connectivity index (χ0v) is 14.8. The van der Waals surface area contributed by atoms with Gasteiger partial charge in [-0.2, -0.15) is 5.10 Å². The predicted molar refractivity (Wildman–Crippen MR) is 99.3 cm³/mol. The van der Waals surface area contributed by atoms with Crippen molar-refractivity contribution in [3.63, 3.8) is 0 Å². The molecule has 1 N–H and O–H groups in total. The van der Waals surface area contributed by atoms with Crippen LogP contribution in [0.2, 0.25) is 5.15 Å². The first-order chi connectivity index (χ1) is 12.6. The quantitative estimate of drug-likeness (QED) is 0.644. The fraction of sp³-hybridized carbons (Fsp3) is 0.222. The lowest BCUT2D eigenvalue weighted by molar-refractivity contribution is -0.135. The standard InChI is InChI=1S/C18H17ClN4O3/c1-2-26-18(25)14-10-15(23(22-14)13-6-4-3-5-7-13)17(24)21-12-8-9-16(19)20-11-12/h3-9,11,15H,2,10H2,1H3,(H,21,24). The Hall–Kier alpha value is -2.93. The number of amides is 1. The van der Waals surface area contributed by atoms with Crippen LogP contribution >= 0.6 is 11.6 Å². The maximum atomic E-state index is 12.8. The molecule has 0 saturated heterocycles. The Morgan fingerprint density at radius 2 is 2.04 bits per heavy atom. The minimum Gasteiger partial charge on any atom is -0.461 e. The van der Waals surface area contributed by atoms with Crippen LogP contribution < -0.4 is 10.3 Å². The largest absolute Gasteiger partial charge is 0.461 e. The van der Waals surface area contributed by atoms with E-state index in [1.165, 1.54) is 11.2 Å². The molecule has 1 aliphatic rings. The third kappa shape index (κ3) is 4.00. The first-order valence-electron chi connectivity index (χ1n) is 8.09. The molecule has 7 nitrogen and oxygen atoms in total. The summed E-state index contributed by atoms with van der Waals surface area (Å²) in [6.45, 7) is 1.97. The summed E-state index contributed by atoms with van der Waals surface area (Å²) in [5, 5.41) is 8.96. The zero-order valence-electron chi connectivity index (χ0n) is 14.1. The molecule has 2 aromatic rings. The monoisotopic (exact) mass is 372 g/mol. The number of aromatic nitrogens is 1. The van der Waals surface area contributed by atoms with Crippen molar-refractivity contribution in [2.24, 2.45) is 5.10 Å². The van der Waals surface area contributed by atoms with Gasteiger partial charge in [0.15, 0.2) is 0 Å².